The first-order valence-corrected chi connectivity index (χ1v) is 4.10. The number of hydrogen-bond acceptors (Lipinski definition) is 1. The Labute approximate surface area is 47.3 Å². The number of rotatable bonds is 2. The summed E-state index contributed by atoms with van der Waals surface area (Å²) in [5.41, 5.74) is 0. The van der Waals surface area contributed by atoms with Gasteiger partial charge in [0.15, 0.2) is 0 Å². The second-order valence-electron chi connectivity index (χ2n) is 1.87. The third kappa shape index (κ3) is 1.35. The Morgan fingerprint density at radius 1 is 1.71 bits per heavy atom. The van der Waals surface area contributed by atoms with Crippen LogP contribution in [0.15, 0.2) is 0 Å². The van der Waals surface area contributed by atoms with Gasteiger partial charge in [-0.15, -0.1) is 0 Å². The van der Waals surface area contributed by atoms with Crippen LogP contribution in [0, 0.1) is 0 Å². The minimum atomic E-state index is -0.468. The third-order valence-corrected chi connectivity index (χ3v) is 2.96. The lowest BCUT2D eigenvalue weighted by Crippen LogP contribution is -2.08. The maximum atomic E-state index is 10.7. The van der Waals surface area contributed by atoms with Crippen molar-refractivity contribution in [3.05, 3.63) is 0 Å². The molecule has 0 heterocycles. The quantitative estimate of drug-likeness (QED) is 0.494. The molecule has 0 aromatic heterocycles. The fraction of sp³-hybridized carbons (Fsp3) is 1.00. The Morgan fingerprint density at radius 3 is 2.43 bits per heavy atom. The van der Waals surface area contributed by atoms with Crippen LogP contribution in [-0.2, 0) is 11.2 Å². The van der Waals surface area contributed by atoms with E-state index in [-0.39, 0.29) is 0 Å². The van der Waals surface area contributed by atoms with Gasteiger partial charge in [-0.1, -0.05) is 11.2 Å². The molecule has 7 heavy (non-hydrogen) atoms. The van der Waals surface area contributed by atoms with Gasteiger partial charge in [0.1, 0.15) is 11.0 Å². The summed E-state index contributed by atoms with van der Waals surface area (Å²) in [7, 11) is 0. The molecule has 1 rings (SSSR count). The summed E-state index contributed by atoms with van der Waals surface area (Å²) in [4.78, 5) is 0. The van der Waals surface area contributed by atoms with Gasteiger partial charge in [0.25, 0.3) is 0 Å². The second-order valence-corrected chi connectivity index (χ2v) is 3.87. The zero-order valence-corrected chi connectivity index (χ0v) is 5.33. The molecule has 2 heteroatoms. The molecule has 1 unspecified atom stereocenters. The van der Waals surface area contributed by atoms with Gasteiger partial charge in [0.2, 0.25) is 0 Å². The molecule has 0 radical (unpaired) electrons. The molecule has 42 valence electrons. The highest BCUT2D eigenvalue weighted by Gasteiger charge is 2.32. The van der Waals surface area contributed by atoms with E-state index in [1.54, 1.807) is 0 Å². The Kier molecular flexibility index (Phi) is 1.60. The minimum absolute atomic E-state index is 0.468. The molecule has 0 aromatic carbocycles. The normalized spacial score (nSPS) is 24.9. The summed E-state index contributed by atoms with van der Waals surface area (Å²) in [6.45, 7) is 1.98. The highest BCUT2D eigenvalue weighted by Crippen LogP contribution is 2.28. The molecule has 1 aliphatic carbocycles. The zero-order valence-electron chi connectivity index (χ0n) is 4.52. The van der Waals surface area contributed by atoms with E-state index in [1.807, 2.05) is 6.92 Å². The van der Waals surface area contributed by atoms with Gasteiger partial charge in [-0.05, 0) is 19.8 Å². The van der Waals surface area contributed by atoms with Crippen LogP contribution in [0.1, 0.15) is 19.8 Å². The highest BCUT2D eigenvalue weighted by atomic mass is 32.2. The third-order valence-electron chi connectivity index (χ3n) is 1.18. The van der Waals surface area contributed by atoms with Crippen LogP contribution < -0.4 is 0 Å². The van der Waals surface area contributed by atoms with Gasteiger partial charge in [-0.2, -0.15) is 0 Å². The van der Waals surface area contributed by atoms with Gasteiger partial charge >= 0.3 is 0 Å². The van der Waals surface area contributed by atoms with Crippen molar-refractivity contribution in [3.8, 4) is 0 Å². The van der Waals surface area contributed by atoms with Crippen molar-refractivity contribution in [1.82, 2.24) is 0 Å². The molecule has 0 aromatic rings. The van der Waals surface area contributed by atoms with Crippen LogP contribution in [0.3, 0.4) is 0 Å². The molecule has 1 fully saturated rings. The van der Waals surface area contributed by atoms with Crippen molar-refractivity contribution in [2.24, 2.45) is 0 Å². The molecule has 1 atom stereocenters. The van der Waals surface area contributed by atoms with Gasteiger partial charge in [0.05, 0.1) is 0 Å². The molecular formula is C5H10OS. The average molecular weight is 118 g/mol. The zero-order chi connectivity index (χ0) is 5.28. The first-order chi connectivity index (χ1) is 3.34. The van der Waals surface area contributed by atoms with E-state index in [9.17, 15) is 4.55 Å². The fourth-order valence-corrected chi connectivity index (χ4v) is 1.70. The Morgan fingerprint density at radius 2 is 2.29 bits per heavy atom. The molecule has 0 amide bonds. The van der Waals surface area contributed by atoms with E-state index in [0.29, 0.717) is 5.25 Å². The molecule has 0 N–H and O–H groups in total. The molecule has 1 saturated carbocycles. The molecule has 1 aliphatic rings. The minimum Gasteiger partial charge on any atom is -0.616 e. The predicted octanol–water partition coefficient (Wildman–Crippen LogP) is 0.917. The number of hydrogen-bond donors (Lipinski definition) is 0. The smallest absolute Gasteiger partial charge is 0.116 e. The monoisotopic (exact) mass is 118 g/mol. The highest BCUT2D eigenvalue weighted by molar-refractivity contribution is 7.92. The van der Waals surface area contributed by atoms with Gasteiger partial charge in [-0.3, -0.25) is 0 Å². The van der Waals surface area contributed by atoms with Crippen LogP contribution >= 0.6 is 0 Å². The lowest BCUT2D eigenvalue weighted by atomic mass is 11.0. The van der Waals surface area contributed by atoms with Crippen LogP contribution in [0.5, 0.6) is 0 Å². The van der Waals surface area contributed by atoms with Crippen molar-refractivity contribution in [2.75, 3.05) is 5.75 Å². The van der Waals surface area contributed by atoms with Crippen molar-refractivity contribution >= 4 is 11.2 Å². The predicted molar refractivity (Wildman–Crippen MR) is 31.7 cm³/mol. The summed E-state index contributed by atoms with van der Waals surface area (Å²) in [5, 5.41) is 0.588. The average Bonchev–Trinajstić information content (AvgIpc) is 2.44. The maximum absolute atomic E-state index is 10.7. The summed E-state index contributed by atoms with van der Waals surface area (Å²) in [6.07, 6.45) is 2.42. The molecule has 0 saturated heterocycles. The van der Waals surface area contributed by atoms with E-state index < -0.39 is 11.2 Å². The standard InChI is InChI=1S/C5H10OS/c1-2-7(6)5-3-4-5/h5H,2-4H2,1H3. The van der Waals surface area contributed by atoms with E-state index in [2.05, 4.69) is 0 Å². The topological polar surface area (TPSA) is 23.1 Å². The Balaban J connectivity index is 2.10. The largest absolute Gasteiger partial charge is 0.616 e. The lowest BCUT2D eigenvalue weighted by molar-refractivity contribution is 0.595. The maximum Gasteiger partial charge on any atom is 0.116 e. The molecule has 0 spiro atoms. The summed E-state index contributed by atoms with van der Waals surface area (Å²) in [6, 6.07) is 0. The molecule has 0 aliphatic heterocycles. The van der Waals surface area contributed by atoms with Crippen molar-refractivity contribution in [1.29, 1.82) is 0 Å². The first-order valence-electron chi connectivity index (χ1n) is 2.71. The molecule has 0 bridgehead atoms. The van der Waals surface area contributed by atoms with Crippen LogP contribution in [0.25, 0.3) is 0 Å². The van der Waals surface area contributed by atoms with Gasteiger partial charge in [0, 0.05) is 0 Å². The van der Waals surface area contributed by atoms with E-state index in [1.165, 1.54) is 12.8 Å². The van der Waals surface area contributed by atoms with Gasteiger partial charge < -0.3 is 4.55 Å². The Bertz CT molecular complexity index is 61.1. The van der Waals surface area contributed by atoms with Crippen molar-refractivity contribution in [2.45, 2.75) is 25.0 Å². The second kappa shape index (κ2) is 2.05. The van der Waals surface area contributed by atoms with Crippen LogP contribution in [-0.4, -0.2) is 15.6 Å². The SMILES string of the molecule is CC[S+]([O-])C1CC1. The fourth-order valence-electron chi connectivity index (χ4n) is 0.567. The summed E-state index contributed by atoms with van der Waals surface area (Å²) in [5.74, 6) is 0.852. The summed E-state index contributed by atoms with van der Waals surface area (Å²) < 4.78 is 10.7. The van der Waals surface area contributed by atoms with Crippen LogP contribution in [0.2, 0.25) is 0 Å². The molecular weight excluding hydrogens is 108 g/mol. The van der Waals surface area contributed by atoms with E-state index in [4.69, 9.17) is 0 Å². The summed E-state index contributed by atoms with van der Waals surface area (Å²) >= 11 is -0.468. The van der Waals surface area contributed by atoms with E-state index >= 15 is 0 Å². The molecule has 1 nitrogen and oxygen atoms in total. The van der Waals surface area contributed by atoms with Crippen molar-refractivity contribution < 1.29 is 4.55 Å². The van der Waals surface area contributed by atoms with Gasteiger partial charge in [-0.25, -0.2) is 0 Å². The van der Waals surface area contributed by atoms with Crippen molar-refractivity contribution in [3.63, 3.8) is 0 Å². The lowest BCUT2D eigenvalue weighted by Gasteiger charge is -2.03. The van der Waals surface area contributed by atoms with E-state index in [0.717, 1.165) is 5.75 Å². The Hall–Kier alpha value is 0.310. The first kappa shape index (κ1) is 5.45. The van der Waals surface area contributed by atoms with Crippen LogP contribution in [0.4, 0.5) is 0 Å².